The van der Waals surface area contributed by atoms with Gasteiger partial charge < -0.3 is 14.0 Å². The number of carbonyl (C=O) groups excluding carboxylic acids is 2. The maximum absolute atomic E-state index is 12.4. The Morgan fingerprint density at radius 2 is 2.04 bits per heavy atom. The Balaban J connectivity index is 2.09. The molecular weight excluding hydrogens is 372 g/mol. The third-order valence-corrected chi connectivity index (χ3v) is 5.39. The van der Waals surface area contributed by atoms with Crippen LogP contribution in [0.3, 0.4) is 0 Å². The fourth-order valence-electron chi connectivity index (χ4n) is 2.43. The summed E-state index contributed by atoms with van der Waals surface area (Å²) in [4.78, 5) is 29.6. The van der Waals surface area contributed by atoms with Gasteiger partial charge in [0.05, 0.1) is 28.3 Å². The van der Waals surface area contributed by atoms with Gasteiger partial charge in [0.1, 0.15) is 12.3 Å². The van der Waals surface area contributed by atoms with Gasteiger partial charge >= 0.3 is 5.97 Å². The molecule has 0 fully saturated rings. The number of hydrogen-bond donors (Lipinski definition) is 0. The van der Waals surface area contributed by atoms with Crippen molar-refractivity contribution in [3.8, 4) is 5.75 Å². The number of aromatic nitrogens is 1. The first-order chi connectivity index (χ1) is 12.6. The van der Waals surface area contributed by atoms with Gasteiger partial charge in [0.25, 0.3) is 5.91 Å². The molecule has 0 aliphatic rings. The second-order valence-electron chi connectivity index (χ2n) is 5.23. The molecule has 0 aliphatic carbocycles. The Morgan fingerprint density at radius 1 is 1.19 bits per heavy atom. The fraction of sp³-hybridized carbons (Fsp3) is 0.278. The Labute approximate surface area is 158 Å². The van der Waals surface area contributed by atoms with Crippen LogP contribution in [0, 0.1) is 0 Å². The molecule has 26 heavy (non-hydrogen) atoms. The molecule has 0 atom stereocenters. The van der Waals surface area contributed by atoms with Gasteiger partial charge in [-0.2, -0.15) is 4.99 Å². The van der Waals surface area contributed by atoms with Crippen LogP contribution in [-0.2, 0) is 16.1 Å². The molecule has 2 aromatic heterocycles. The van der Waals surface area contributed by atoms with Gasteiger partial charge in [-0.15, -0.1) is 11.3 Å². The molecule has 0 bridgehead atoms. The number of rotatable bonds is 6. The van der Waals surface area contributed by atoms with Gasteiger partial charge in [0.15, 0.2) is 4.80 Å². The number of amides is 1. The molecule has 1 amide bonds. The first kappa shape index (κ1) is 18.3. The van der Waals surface area contributed by atoms with Crippen LogP contribution in [-0.4, -0.2) is 29.7 Å². The highest BCUT2D eigenvalue weighted by Crippen LogP contribution is 2.23. The number of fused-ring (bicyclic) bond motifs is 1. The number of thiophene rings is 1. The maximum atomic E-state index is 12.4. The monoisotopic (exact) mass is 390 g/mol. The molecule has 6 nitrogen and oxygen atoms in total. The van der Waals surface area contributed by atoms with Gasteiger partial charge in [-0.1, -0.05) is 17.4 Å². The van der Waals surface area contributed by atoms with Gasteiger partial charge in [0, 0.05) is 0 Å². The first-order valence-electron chi connectivity index (χ1n) is 8.16. The average molecular weight is 390 g/mol. The lowest BCUT2D eigenvalue weighted by Crippen LogP contribution is -2.23. The van der Waals surface area contributed by atoms with Crippen molar-refractivity contribution in [2.24, 2.45) is 4.99 Å². The van der Waals surface area contributed by atoms with Crippen LogP contribution in [0.25, 0.3) is 10.2 Å². The van der Waals surface area contributed by atoms with E-state index in [9.17, 15) is 9.59 Å². The van der Waals surface area contributed by atoms with Crippen molar-refractivity contribution < 1.29 is 19.1 Å². The highest BCUT2D eigenvalue weighted by Gasteiger charge is 2.14. The highest BCUT2D eigenvalue weighted by atomic mass is 32.1. The minimum Gasteiger partial charge on any atom is -0.494 e. The number of ether oxygens (including phenoxy) is 2. The van der Waals surface area contributed by atoms with Gasteiger partial charge in [-0.05, 0) is 43.5 Å². The quantitative estimate of drug-likeness (QED) is 0.605. The van der Waals surface area contributed by atoms with E-state index in [-0.39, 0.29) is 18.4 Å². The minimum absolute atomic E-state index is 0.00161. The smallest absolute Gasteiger partial charge is 0.326 e. The van der Waals surface area contributed by atoms with E-state index in [1.807, 2.05) is 30.5 Å². The molecule has 0 unspecified atom stereocenters. The van der Waals surface area contributed by atoms with Gasteiger partial charge in [-0.25, -0.2) is 0 Å². The molecule has 0 saturated carbocycles. The fourth-order valence-corrected chi connectivity index (χ4v) is 4.09. The van der Waals surface area contributed by atoms with Crippen LogP contribution < -0.4 is 9.54 Å². The zero-order valence-corrected chi connectivity index (χ0v) is 16.1. The lowest BCUT2D eigenvalue weighted by atomic mass is 10.3. The van der Waals surface area contributed by atoms with Crippen LogP contribution in [0.2, 0.25) is 0 Å². The predicted molar refractivity (Wildman–Crippen MR) is 102 cm³/mol. The summed E-state index contributed by atoms with van der Waals surface area (Å²) in [7, 11) is 0. The number of esters is 1. The number of carbonyl (C=O) groups is 2. The van der Waals surface area contributed by atoms with E-state index in [4.69, 9.17) is 9.47 Å². The molecule has 3 rings (SSSR count). The van der Waals surface area contributed by atoms with Crippen molar-refractivity contribution >= 4 is 44.8 Å². The molecule has 0 saturated heterocycles. The predicted octanol–water partition coefficient (Wildman–Crippen LogP) is 3.47. The molecule has 3 aromatic rings. The lowest BCUT2D eigenvalue weighted by molar-refractivity contribution is -0.143. The van der Waals surface area contributed by atoms with Crippen molar-refractivity contribution in [2.75, 3.05) is 13.2 Å². The Bertz CT molecular complexity index is 986. The third kappa shape index (κ3) is 4.03. The summed E-state index contributed by atoms with van der Waals surface area (Å²) in [6, 6.07) is 9.13. The van der Waals surface area contributed by atoms with Crippen molar-refractivity contribution in [1.82, 2.24) is 4.57 Å². The summed E-state index contributed by atoms with van der Waals surface area (Å²) in [5.74, 6) is 0.0426. The second-order valence-corrected chi connectivity index (χ2v) is 7.19. The SMILES string of the molecule is CCOC(=O)Cn1c(=NC(=O)c2cccs2)sc2cc(OCC)ccc21. The van der Waals surface area contributed by atoms with E-state index >= 15 is 0 Å². The molecule has 0 aliphatic heterocycles. The van der Waals surface area contributed by atoms with Crippen molar-refractivity contribution in [2.45, 2.75) is 20.4 Å². The van der Waals surface area contributed by atoms with Crippen LogP contribution >= 0.6 is 22.7 Å². The van der Waals surface area contributed by atoms with Crippen LogP contribution in [0.1, 0.15) is 23.5 Å². The molecule has 0 radical (unpaired) electrons. The van der Waals surface area contributed by atoms with Crippen LogP contribution in [0.5, 0.6) is 5.75 Å². The number of benzene rings is 1. The van der Waals surface area contributed by atoms with Crippen LogP contribution in [0.15, 0.2) is 40.7 Å². The summed E-state index contributed by atoms with van der Waals surface area (Å²) < 4.78 is 13.2. The van der Waals surface area contributed by atoms with E-state index in [0.717, 1.165) is 16.0 Å². The first-order valence-corrected chi connectivity index (χ1v) is 9.86. The zero-order chi connectivity index (χ0) is 18.5. The number of nitrogens with zero attached hydrogens (tertiary/aromatic N) is 2. The lowest BCUT2D eigenvalue weighted by Gasteiger charge is -2.06. The summed E-state index contributed by atoms with van der Waals surface area (Å²) in [6.45, 7) is 4.54. The molecule has 0 N–H and O–H groups in total. The zero-order valence-electron chi connectivity index (χ0n) is 14.4. The maximum Gasteiger partial charge on any atom is 0.326 e. The largest absolute Gasteiger partial charge is 0.494 e. The Morgan fingerprint density at radius 3 is 2.73 bits per heavy atom. The van der Waals surface area contributed by atoms with E-state index in [2.05, 4.69) is 4.99 Å². The average Bonchev–Trinajstić information content (AvgIpc) is 3.24. The van der Waals surface area contributed by atoms with Gasteiger partial charge in [0.2, 0.25) is 0 Å². The molecule has 0 spiro atoms. The summed E-state index contributed by atoms with van der Waals surface area (Å²) in [6.07, 6.45) is 0. The molecule has 136 valence electrons. The van der Waals surface area contributed by atoms with Gasteiger partial charge in [-0.3, -0.25) is 9.59 Å². The standard InChI is InChI=1S/C18H18N2O4S2/c1-3-23-12-7-8-13-15(10-12)26-18(20(13)11-16(21)24-4-2)19-17(22)14-6-5-9-25-14/h5-10H,3-4,11H2,1-2H3. The molecular formula is C18H18N2O4S2. The summed E-state index contributed by atoms with van der Waals surface area (Å²) >= 11 is 2.68. The normalized spacial score (nSPS) is 11.7. The van der Waals surface area contributed by atoms with Crippen molar-refractivity contribution in [3.05, 3.63) is 45.4 Å². The topological polar surface area (TPSA) is 69.9 Å². The van der Waals surface area contributed by atoms with E-state index < -0.39 is 0 Å². The van der Waals surface area contributed by atoms with E-state index in [1.54, 1.807) is 23.6 Å². The molecule has 2 heterocycles. The Kier molecular flexibility index (Phi) is 5.85. The van der Waals surface area contributed by atoms with Crippen LogP contribution in [0.4, 0.5) is 0 Å². The minimum atomic E-state index is -0.369. The van der Waals surface area contributed by atoms with Crippen molar-refractivity contribution in [3.63, 3.8) is 0 Å². The second kappa shape index (κ2) is 8.29. The molecule has 1 aromatic carbocycles. The number of thiazole rings is 1. The third-order valence-electron chi connectivity index (χ3n) is 3.49. The van der Waals surface area contributed by atoms with E-state index in [1.165, 1.54) is 22.7 Å². The van der Waals surface area contributed by atoms with E-state index in [0.29, 0.717) is 22.9 Å². The summed E-state index contributed by atoms with van der Waals surface area (Å²) in [5.41, 5.74) is 0.809. The molecule has 8 heteroatoms. The summed E-state index contributed by atoms with van der Waals surface area (Å²) in [5, 5.41) is 1.83. The van der Waals surface area contributed by atoms with Crippen molar-refractivity contribution in [1.29, 1.82) is 0 Å². The number of hydrogen-bond acceptors (Lipinski definition) is 6. The highest BCUT2D eigenvalue weighted by molar-refractivity contribution is 7.16. The Hall–Kier alpha value is -2.45.